The maximum absolute atomic E-state index is 9.09. The Morgan fingerprint density at radius 2 is 2.22 bits per heavy atom. The highest BCUT2D eigenvalue weighted by atomic mass is 79.9. The highest BCUT2D eigenvalue weighted by molar-refractivity contribution is 9.10. The van der Waals surface area contributed by atoms with Crippen LogP contribution in [0.3, 0.4) is 0 Å². The van der Waals surface area contributed by atoms with Crippen molar-refractivity contribution in [2.24, 2.45) is 5.73 Å². The summed E-state index contributed by atoms with van der Waals surface area (Å²) < 4.78 is 6.89. The fourth-order valence-electron chi connectivity index (χ4n) is 1.60. The van der Waals surface area contributed by atoms with Gasteiger partial charge >= 0.3 is 0 Å². The quantitative estimate of drug-likeness (QED) is 0.887. The zero-order valence-electron chi connectivity index (χ0n) is 9.67. The maximum atomic E-state index is 9.09. The van der Waals surface area contributed by atoms with Crippen LogP contribution in [0.5, 0.6) is 5.75 Å². The fraction of sp³-hybridized carbons (Fsp3) is 0.231. The van der Waals surface area contributed by atoms with Gasteiger partial charge in [-0.1, -0.05) is 12.1 Å². The van der Waals surface area contributed by atoms with E-state index in [1.165, 1.54) is 0 Å². The summed E-state index contributed by atoms with van der Waals surface area (Å²) in [5.41, 5.74) is 6.58. The molecule has 2 aromatic rings. The van der Waals surface area contributed by atoms with Gasteiger partial charge in [-0.15, -0.1) is 11.3 Å². The first-order valence-electron chi connectivity index (χ1n) is 5.53. The molecule has 0 radical (unpaired) electrons. The van der Waals surface area contributed by atoms with Gasteiger partial charge in [-0.3, -0.25) is 0 Å². The molecule has 0 spiro atoms. The van der Waals surface area contributed by atoms with Crippen LogP contribution < -0.4 is 10.5 Å². The van der Waals surface area contributed by atoms with Gasteiger partial charge in [0.25, 0.3) is 0 Å². The largest absolute Gasteiger partial charge is 0.484 e. The van der Waals surface area contributed by atoms with E-state index in [1.807, 2.05) is 35.7 Å². The molecule has 0 aliphatic carbocycles. The molecule has 1 aromatic carbocycles. The number of hydrogen-bond donors (Lipinski definition) is 2. The van der Waals surface area contributed by atoms with Crippen LogP contribution in [-0.2, 0) is 6.61 Å². The third-order valence-corrected chi connectivity index (χ3v) is 4.26. The molecule has 0 aliphatic heterocycles. The number of aliphatic hydroxyl groups is 1. The first kappa shape index (κ1) is 13.5. The molecule has 1 aromatic heterocycles. The number of rotatable bonds is 5. The molecule has 1 unspecified atom stereocenters. The number of thiophene rings is 1. The number of ether oxygens (including phenoxy) is 1. The molecular formula is C13H14BrNO2S. The first-order chi connectivity index (χ1) is 8.72. The van der Waals surface area contributed by atoms with Gasteiger partial charge in [0.1, 0.15) is 11.9 Å². The van der Waals surface area contributed by atoms with Gasteiger partial charge in [0, 0.05) is 21.3 Å². The van der Waals surface area contributed by atoms with Gasteiger partial charge in [0.2, 0.25) is 0 Å². The minimum atomic E-state index is -0.157. The van der Waals surface area contributed by atoms with Crippen molar-refractivity contribution in [1.29, 1.82) is 0 Å². The van der Waals surface area contributed by atoms with Crippen molar-refractivity contribution in [3.63, 3.8) is 0 Å². The molecule has 0 saturated carbocycles. The second-order valence-electron chi connectivity index (χ2n) is 3.82. The zero-order chi connectivity index (χ0) is 13.0. The zero-order valence-corrected chi connectivity index (χ0v) is 12.1. The Labute approximate surface area is 118 Å². The van der Waals surface area contributed by atoms with E-state index >= 15 is 0 Å². The number of benzene rings is 1. The molecule has 96 valence electrons. The molecule has 1 heterocycles. The Kier molecular flexibility index (Phi) is 4.77. The molecular weight excluding hydrogens is 314 g/mol. The molecule has 0 fully saturated rings. The Balaban J connectivity index is 2.14. The van der Waals surface area contributed by atoms with E-state index in [4.69, 9.17) is 15.6 Å². The Hall–Kier alpha value is -0.880. The fourth-order valence-corrected chi connectivity index (χ4v) is 3.09. The van der Waals surface area contributed by atoms with E-state index < -0.39 is 0 Å². The van der Waals surface area contributed by atoms with E-state index in [-0.39, 0.29) is 12.7 Å². The summed E-state index contributed by atoms with van der Waals surface area (Å²) in [5.74, 6) is 0.724. The summed E-state index contributed by atoms with van der Waals surface area (Å²) in [6, 6.07) is 9.42. The SMILES string of the molecule is NCC(Oc1cccc(CO)c1)c1cc(Br)cs1. The normalized spacial score (nSPS) is 12.4. The lowest BCUT2D eigenvalue weighted by Gasteiger charge is -2.16. The second kappa shape index (κ2) is 6.33. The van der Waals surface area contributed by atoms with E-state index in [0.29, 0.717) is 6.54 Å². The Bertz CT molecular complexity index is 515. The van der Waals surface area contributed by atoms with Crippen LogP contribution in [0.1, 0.15) is 16.5 Å². The minimum absolute atomic E-state index is 0.00897. The third kappa shape index (κ3) is 3.32. The van der Waals surface area contributed by atoms with E-state index in [0.717, 1.165) is 20.7 Å². The molecule has 2 rings (SSSR count). The van der Waals surface area contributed by atoms with Crippen LogP contribution >= 0.6 is 27.3 Å². The molecule has 0 amide bonds. The highest BCUT2D eigenvalue weighted by Crippen LogP contribution is 2.29. The van der Waals surface area contributed by atoms with Crippen LogP contribution in [0.4, 0.5) is 0 Å². The molecule has 1 atom stereocenters. The lowest BCUT2D eigenvalue weighted by atomic mass is 10.2. The summed E-state index contributed by atoms with van der Waals surface area (Å²) in [6.07, 6.45) is -0.157. The average molecular weight is 328 g/mol. The number of hydrogen-bond acceptors (Lipinski definition) is 4. The predicted octanol–water partition coefficient (Wildman–Crippen LogP) is 3.08. The maximum Gasteiger partial charge on any atom is 0.145 e. The molecule has 0 saturated heterocycles. The van der Waals surface area contributed by atoms with Crippen LogP contribution in [0.25, 0.3) is 0 Å². The van der Waals surface area contributed by atoms with Gasteiger partial charge in [-0.2, -0.15) is 0 Å². The summed E-state index contributed by atoms with van der Waals surface area (Å²) in [6.45, 7) is 0.422. The van der Waals surface area contributed by atoms with Crippen molar-refractivity contribution in [1.82, 2.24) is 0 Å². The Morgan fingerprint density at radius 1 is 1.39 bits per heavy atom. The molecule has 18 heavy (non-hydrogen) atoms. The number of nitrogens with two attached hydrogens (primary N) is 1. The molecule has 3 nitrogen and oxygen atoms in total. The van der Waals surface area contributed by atoms with Crippen molar-refractivity contribution in [3.05, 3.63) is 50.6 Å². The topological polar surface area (TPSA) is 55.5 Å². The highest BCUT2D eigenvalue weighted by Gasteiger charge is 2.14. The second-order valence-corrected chi connectivity index (χ2v) is 5.67. The van der Waals surface area contributed by atoms with Crippen molar-refractivity contribution in [3.8, 4) is 5.75 Å². The Morgan fingerprint density at radius 3 is 2.83 bits per heavy atom. The van der Waals surface area contributed by atoms with E-state index in [2.05, 4.69) is 15.9 Å². The van der Waals surface area contributed by atoms with E-state index in [9.17, 15) is 0 Å². The van der Waals surface area contributed by atoms with Crippen molar-refractivity contribution < 1.29 is 9.84 Å². The van der Waals surface area contributed by atoms with Crippen molar-refractivity contribution >= 4 is 27.3 Å². The number of aliphatic hydroxyl groups excluding tert-OH is 1. The lowest BCUT2D eigenvalue weighted by Crippen LogP contribution is -2.17. The van der Waals surface area contributed by atoms with E-state index in [1.54, 1.807) is 11.3 Å². The van der Waals surface area contributed by atoms with Crippen LogP contribution in [0.2, 0.25) is 0 Å². The molecule has 5 heteroatoms. The van der Waals surface area contributed by atoms with Crippen molar-refractivity contribution in [2.45, 2.75) is 12.7 Å². The predicted molar refractivity (Wildman–Crippen MR) is 76.8 cm³/mol. The van der Waals surface area contributed by atoms with Crippen molar-refractivity contribution in [2.75, 3.05) is 6.54 Å². The average Bonchev–Trinajstić information content (AvgIpc) is 2.82. The summed E-state index contributed by atoms with van der Waals surface area (Å²) in [5, 5.41) is 11.1. The molecule has 3 N–H and O–H groups in total. The monoisotopic (exact) mass is 327 g/mol. The standard InChI is InChI=1S/C13H14BrNO2S/c14-10-5-13(18-8-10)12(6-15)17-11-3-1-2-9(4-11)7-16/h1-5,8,12,16H,6-7,15H2. The van der Waals surface area contributed by atoms with Crippen LogP contribution in [-0.4, -0.2) is 11.7 Å². The van der Waals surface area contributed by atoms with Gasteiger partial charge in [-0.25, -0.2) is 0 Å². The molecule has 0 aliphatic rings. The lowest BCUT2D eigenvalue weighted by molar-refractivity contribution is 0.216. The first-order valence-corrected chi connectivity index (χ1v) is 7.20. The van der Waals surface area contributed by atoms with Gasteiger partial charge in [0.15, 0.2) is 0 Å². The third-order valence-electron chi connectivity index (χ3n) is 2.48. The molecule has 0 bridgehead atoms. The summed E-state index contributed by atoms with van der Waals surface area (Å²) in [4.78, 5) is 1.08. The van der Waals surface area contributed by atoms with Gasteiger partial charge in [-0.05, 0) is 39.7 Å². The van der Waals surface area contributed by atoms with Gasteiger partial charge < -0.3 is 15.6 Å². The minimum Gasteiger partial charge on any atom is -0.484 e. The van der Waals surface area contributed by atoms with Gasteiger partial charge in [0.05, 0.1) is 6.61 Å². The summed E-state index contributed by atoms with van der Waals surface area (Å²) in [7, 11) is 0. The van der Waals surface area contributed by atoms with Crippen LogP contribution in [0.15, 0.2) is 40.2 Å². The smallest absolute Gasteiger partial charge is 0.145 e. The summed E-state index contributed by atoms with van der Waals surface area (Å²) >= 11 is 5.03. The number of halogens is 1. The van der Waals surface area contributed by atoms with Crippen LogP contribution in [0, 0.1) is 0 Å².